The highest BCUT2D eigenvalue weighted by Crippen LogP contribution is 2.35. The highest BCUT2D eigenvalue weighted by atomic mass is 32.2. The van der Waals surface area contributed by atoms with Crippen LogP contribution < -0.4 is 20.3 Å². The lowest BCUT2D eigenvalue weighted by Gasteiger charge is -2.13. The van der Waals surface area contributed by atoms with Crippen molar-refractivity contribution in [1.29, 1.82) is 0 Å². The number of ether oxygens (including phenoxy) is 2. The van der Waals surface area contributed by atoms with Crippen LogP contribution in [0, 0.1) is 0 Å². The van der Waals surface area contributed by atoms with Gasteiger partial charge >= 0.3 is 0 Å². The Kier molecular flexibility index (Phi) is 6.02. The molecule has 0 atom stereocenters. The van der Waals surface area contributed by atoms with E-state index in [1.807, 2.05) is 24.3 Å². The lowest BCUT2D eigenvalue weighted by molar-refractivity contribution is -0.113. The summed E-state index contributed by atoms with van der Waals surface area (Å²) in [7, 11) is 0. The maximum Gasteiger partial charge on any atom is 0.262 e. The number of nitrogens with one attached hydrogen (secondary N) is 1. The van der Waals surface area contributed by atoms with E-state index in [1.165, 1.54) is 16.3 Å². The number of amides is 1. The number of anilines is 1. The molecule has 0 bridgehead atoms. The third-order valence-electron chi connectivity index (χ3n) is 5.48. The van der Waals surface area contributed by atoms with Gasteiger partial charge in [-0.25, -0.2) is 4.98 Å². The van der Waals surface area contributed by atoms with Crippen molar-refractivity contribution in [3.63, 3.8) is 0 Å². The van der Waals surface area contributed by atoms with Gasteiger partial charge in [-0.05, 0) is 41.8 Å². The third-order valence-corrected chi connectivity index (χ3v) is 6.45. The predicted octanol–water partition coefficient (Wildman–Crippen LogP) is 4.62. The second-order valence-corrected chi connectivity index (χ2v) is 9.15. The van der Waals surface area contributed by atoms with Gasteiger partial charge in [-0.15, -0.1) is 0 Å². The summed E-state index contributed by atoms with van der Waals surface area (Å²) in [4.78, 5) is 30.8. The maximum absolute atomic E-state index is 13.4. The van der Waals surface area contributed by atoms with Crippen molar-refractivity contribution >= 4 is 34.3 Å². The summed E-state index contributed by atoms with van der Waals surface area (Å²) in [6.07, 6.45) is 1.55. The van der Waals surface area contributed by atoms with Crippen LogP contribution in [0.25, 0.3) is 10.9 Å². The molecule has 0 aliphatic carbocycles. The van der Waals surface area contributed by atoms with Gasteiger partial charge in [0.1, 0.15) is 5.76 Å². The summed E-state index contributed by atoms with van der Waals surface area (Å²) in [5.74, 6) is 1.93. The Morgan fingerprint density at radius 3 is 2.74 bits per heavy atom. The van der Waals surface area contributed by atoms with E-state index in [1.54, 1.807) is 30.5 Å². The number of hydrogen-bond donors (Lipinski definition) is 1. The zero-order chi connectivity index (χ0) is 23.7. The predicted molar refractivity (Wildman–Crippen MR) is 130 cm³/mol. The van der Waals surface area contributed by atoms with Crippen molar-refractivity contribution in [1.82, 2.24) is 9.55 Å². The van der Waals surface area contributed by atoms with Crippen LogP contribution in [-0.4, -0.2) is 28.0 Å². The van der Waals surface area contributed by atoms with Gasteiger partial charge in [0.15, 0.2) is 16.7 Å². The van der Waals surface area contributed by atoms with Gasteiger partial charge in [0.25, 0.3) is 5.56 Å². The van der Waals surface area contributed by atoms with Crippen molar-refractivity contribution in [3.05, 3.63) is 76.5 Å². The Morgan fingerprint density at radius 1 is 1.15 bits per heavy atom. The summed E-state index contributed by atoms with van der Waals surface area (Å²) < 4.78 is 17.8. The molecule has 3 heterocycles. The van der Waals surface area contributed by atoms with E-state index in [4.69, 9.17) is 13.9 Å². The van der Waals surface area contributed by atoms with Crippen molar-refractivity contribution in [2.45, 2.75) is 31.5 Å². The first-order valence-corrected chi connectivity index (χ1v) is 11.9. The molecule has 174 valence electrons. The van der Waals surface area contributed by atoms with E-state index in [0.29, 0.717) is 39.2 Å². The number of carbonyl (C=O) groups is 1. The molecule has 9 heteroatoms. The second-order valence-electron chi connectivity index (χ2n) is 8.20. The minimum absolute atomic E-state index is 0.0898. The lowest BCUT2D eigenvalue weighted by Crippen LogP contribution is -2.24. The van der Waals surface area contributed by atoms with Crippen LogP contribution in [0.5, 0.6) is 11.5 Å². The first-order valence-electron chi connectivity index (χ1n) is 10.9. The zero-order valence-corrected chi connectivity index (χ0v) is 19.6. The number of nitrogens with zero attached hydrogens (tertiary/aromatic N) is 2. The molecule has 2 aromatic heterocycles. The maximum atomic E-state index is 13.4. The standard InChI is InChI=1S/C25H23N3O5S/c1-15(2)16-5-3-6-17(9-16)26-23(29)13-34-25-27-20-11-22-21(32-14-33-22)10-19(20)24(30)28(25)12-18-7-4-8-31-18/h3-11,15H,12-14H2,1-2H3,(H,26,29). The molecule has 0 radical (unpaired) electrons. The van der Waals surface area contributed by atoms with Crippen molar-refractivity contribution in [2.75, 3.05) is 17.9 Å². The van der Waals surface area contributed by atoms with Crippen LogP contribution in [-0.2, 0) is 11.3 Å². The Morgan fingerprint density at radius 2 is 1.97 bits per heavy atom. The molecule has 0 fully saturated rings. The topological polar surface area (TPSA) is 95.6 Å². The number of aromatic nitrogens is 2. The van der Waals surface area contributed by atoms with Crippen LogP contribution >= 0.6 is 11.8 Å². The minimum atomic E-state index is -0.243. The molecular weight excluding hydrogens is 454 g/mol. The summed E-state index contributed by atoms with van der Waals surface area (Å²) in [5.41, 5.74) is 2.13. The van der Waals surface area contributed by atoms with Gasteiger partial charge in [0.2, 0.25) is 12.7 Å². The van der Waals surface area contributed by atoms with Crippen LogP contribution in [0.1, 0.15) is 31.1 Å². The van der Waals surface area contributed by atoms with E-state index in [9.17, 15) is 9.59 Å². The first kappa shape index (κ1) is 22.1. The largest absolute Gasteiger partial charge is 0.467 e. The van der Waals surface area contributed by atoms with Gasteiger partial charge in [-0.2, -0.15) is 0 Å². The van der Waals surface area contributed by atoms with Gasteiger partial charge in [0.05, 0.1) is 29.5 Å². The second kappa shape index (κ2) is 9.26. The number of carbonyl (C=O) groups excluding carboxylic acids is 1. The summed E-state index contributed by atoms with van der Waals surface area (Å²) >= 11 is 1.20. The Balaban J connectivity index is 1.43. The van der Waals surface area contributed by atoms with E-state index < -0.39 is 0 Å². The quantitative estimate of drug-likeness (QED) is 0.306. The van der Waals surface area contributed by atoms with Crippen LogP contribution in [0.3, 0.4) is 0 Å². The molecule has 1 N–H and O–H groups in total. The lowest BCUT2D eigenvalue weighted by atomic mass is 10.0. The first-order chi connectivity index (χ1) is 16.5. The number of hydrogen-bond acceptors (Lipinski definition) is 7. The van der Waals surface area contributed by atoms with Crippen molar-refractivity contribution in [2.24, 2.45) is 0 Å². The van der Waals surface area contributed by atoms with E-state index >= 15 is 0 Å². The van der Waals surface area contributed by atoms with Crippen LogP contribution in [0.2, 0.25) is 0 Å². The molecule has 2 aromatic carbocycles. The molecule has 1 aliphatic heterocycles. The van der Waals surface area contributed by atoms with Gasteiger partial charge in [-0.1, -0.05) is 37.7 Å². The van der Waals surface area contributed by atoms with Crippen molar-refractivity contribution in [3.8, 4) is 11.5 Å². The Bertz CT molecular complexity index is 1410. The molecule has 5 rings (SSSR count). The number of fused-ring (bicyclic) bond motifs is 2. The fraction of sp³-hybridized carbons (Fsp3) is 0.240. The molecular formula is C25H23N3O5S. The summed E-state index contributed by atoms with van der Waals surface area (Å²) in [5, 5.41) is 3.76. The molecule has 4 aromatic rings. The van der Waals surface area contributed by atoms with E-state index in [-0.39, 0.29) is 30.6 Å². The number of thioether (sulfide) groups is 1. The van der Waals surface area contributed by atoms with Gasteiger partial charge < -0.3 is 19.2 Å². The summed E-state index contributed by atoms with van der Waals surface area (Å²) in [6, 6.07) is 14.7. The molecule has 1 amide bonds. The highest BCUT2D eigenvalue weighted by Gasteiger charge is 2.20. The average molecular weight is 478 g/mol. The number of benzene rings is 2. The van der Waals surface area contributed by atoms with E-state index in [2.05, 4.69) is 24.1 Å². The summed E-state index contributed by atoms with van der Waals surface area (Å²) in [6.45, 7) is 4.51. The number of rotatable bonds is 7. The molecule has 0 saturated heterocycles. The normalized spacial score (nSPS) is 12.4. The fourth-order valence-electron chi connectivity index (χ4n) is 3.70. The average Bonchev–Trinajstić information content (AvgIpc) is 3.50. The third kappa shape index (κ3) is 4.51. The highest BCUT2D eigenvalue weighted by molar-refractivity contribution is 7.99. The number of furan rings is 1. The molecule has 34 heavy (non-hydrogen) atoms. The molecule has 0 spiro atoms. The van der Waals surface area contributed by atoms with Gasteiger partial charge in [0, 0.05) is 11.8 Å². The minimum Gasteiger partial charge on any atom is -0.467 e. The molecule has 0 unspecified atom stereocenters. The Hall–Kier alpha value is -3.72. The molecule has 0 saturated carbocycles. The van der Waals surface area contributed by atoms with Crippen molar-refractivity contribution < 1.29 is 18.7 Å². The fourth-order valence-corrected chi connectivity index (χ4v) is 4.50. The molecule has 8 nitrogen and oxygen atoms in total. The monoisotopic (exact) mass is 477 g/mol. The SMILES string of the molecule is CC(C)c1cccc(NC(=O)CSc2nc3cc4c(cc3c(=O)n2Cc2ccco2)OCO4)c1. The zero-order valence-electron chi connectivity index (χ0n) is 18.7. The van der Waals surface area contributed by atoms with Crippen LogP contribution in [0.4, 0.5) is 5.69 Å². The van der Waals surface area contributed by atoms with Crippen LogP contribution in [0.15, 0.2) is 69.2 Å². The molecule has 1 aliphatic rings. The Labute approximate surface area is 199 Å². The van der Waals surface area contributed by atoms with E-state index in [0.717, 1.165) is 11.3 Å². The van der Waals surface area contributed by atoms with Gasteiger partial charge in [-0.3, -0.25) is 14.2 Å². The smallest absolute Gasteiger partial charge is 0.262 e.